The van der Waals surface area contributed by atoms with Crippen molar-refractivity contribution in [2.24, 2.45) is 5.73 Å². The van der Waals surface area contributed by atoms with Crippen LogP contribution >= 0.6 is 0 Å². The number of nitrogens with two attached hydrogens (primary N) is 1. The number of rotatable bonds is 2. The number of amides is 2. The predicted molar refractivity (Wildman–Crippen MR) is 57.7 cm³/mol. The second kappa shape index (κ2) is 4.80. The van der Waals surface area contributed by atoms with Gasteiger partial charge in [-0.3, -0.25) is 9.59 Å². The molecule has 0 atom stereocenters. The average molecular weight is 226 g/mol. The first-order valence-corrected chi connectivity index (χ1v) is 5.84. The van der Waals surface area contributed by atoms with E-state index in [-0.39, 0.29) is 0 Å². The Morgan fingerprint density at radius 3 is 1.56 bits per heavy atom. The molecule has 0 aromatic rings. The fourth-order valence-electron chi connectivity index (χ4n) is 2.31. The zero-order valence-electron chi connectivity index (χ0n) is 9.39. The minimum absolute atomic E-state index is 0.608. The number of hydrazine groups is 2. The van der Waals surface area contributed by atoms with Gasteiger partial charge >= 0.3 is 11.8 Å². The summed E-state index contributed by atoms with van der Waals surface area (Å²) >= 11 is 0. The summed E-state index contributed by atoms with van der Waals surface area (Å²) in [5, 5.41) is 5.33. The number of hydrogen-bond donors (Lipinski definition) is 1. The van der Waals surface area contributed by atoms with Crippen molar-refractivity contribution >= 4 is 11.8 Å². The third-order valence-electron chi connectivity index (χ3n) is 3.09. The molecule has 2 aliphatic rings. The van der Waals surface area contributed by atoms with Gasteiger partial charge in [-0.15, -0.1) is 0 Å². The van der Waals surface area contributed by atoms with Crippen LogP contribution in [-0.4, -0.2) is 53.1 Å². The molecule has 2 aliphatic heterocycles. The Morgan fingerprint density at radius 2 is 1.25 bits per heavy atom. The molecule has 6 heteroatoms. The van der Waals surface area contributed by atoms with Crippen molar-refractivity contribution in [2.75, 3.05) is 26.2 Å². The number of carbonyl (C=O) groups is 2. The molecule has 0 spiro atoms. The van der Waals surface area contributed by atoms with Crippen molar-refractivity contribution in [3.63, 3.8) is 0 Å². The minimum atomic E-state index is -0.876. The SMILES string of the molecule is NC(=O)C(=O)N(N1CCCC1)N1CCCC1. The van der Waals surface area contributed by atoms with Crippen molar-refractivity contribution in [1.82, 2.24) is 15.1 Å². The summed E-state index contributed by atoms with van der Waals surface area (Å²) in [6.45, 7) is 3.32. The van der Waals surface area contributed by atoms with Crippen LogP contribution < -0.4 is 5.73 Å². The summed E-state index contributed by atoms with van der Waals surface area (Å²) < 4.78 is 0. The minimum Gasteiger partial charge on any atom is -0.361 e. The van der Waals surface area contributed by atoms with E-state index in [0.717, 1.165) is 51.9 Å². The van der Waals surface area contributed by atoms with E-state index >= 15 is 0 Å². The Bertz CT molecular complexity index is 267. The van der Waals surface area contributed by atoms with Crippen molar-refractivity contribution in [1.29, 1.82) is 0 Å². The topological polar surface area (TPSA) is 69.9 Å². The van der Waals surface area contributed by atoms with Crippen LogP contribution in [0.5, 0.6) is 0 Å². The van der Waals surface area contributed by atoms with Crippen LogP contribution in [0.4, 0.5) is 0 Å². The third-order valence-corrected chi connectivity index (χ3v) is 3.09. The highest BCUT2D eigenvalue weighted by Crippen LogP contribution is 2.18. The Balaban J connectivity index is 2.10. The second-order valence-corrected chi connectivity index (χ2v) is 4.28. The molecular formula is C10H18N4O2. The maximum Gasteiger partial charge on any atom is 0.340 e. The standard InChI is InChI=1S/C10H18N4O2/c11-9(15)10(16)14(12-5-1-2-6-12)13-7-3-4-8-13/h1-8H2,(H2,11,15). The summed E-state index contributed by atoms with van der Waals surface area (Å²) in [4.78, 5) is 22.8. The highest BCUT2D eigenvalue weighted by Gasteiger charge is 2.33. The molecule has 0 radical (unpaired) electrons. The van der Waals surface area contributed by atoms with Crippen LogP contribution in [0.15, 0.2) is 0 Å². The molecule has 0 aromatic carbocycles. The van der Waals surface area contributed by atoms with Crippen LogP contribution in [0, 0.1) is 0 Å². The molecule has 0 aromatic heterocycles. The van der Waals surface area contributed by atoms with Crippen molar-refractivity contribution in [3.8, 4) is 0 Å². The summed E-state index contributed by atoms with van der Waals surface area (Å²) in [7, 11) is 0. The molecule has 90 valence electrons. The molecule has 0 bridgehead atoms. The molecule has 6 nitrogen and oxygen atoms in total. The van der Waals surface area contributed by atoms with Crippen molar-refractivity contribution in [3.05, 3.63) is 0 Å². The van der Waals surface area contributed by atoms with Gasteiger partial charge in [-0.1, -0.05) is 0 Å². The van der Waals surface area contributed by atoms with E-state index in [4.69, 9.17) is 5.73 Å². The Kier molecular flexibility index (Phi) is 3.40. The van der Waals surface area contributed by atoms with E-state index in [1.807, 2.05) is 10.0 Å². The smallest absolute Gasteiger partial charge is 0.340 e. The van der Waals surface area contributed by atoms with E-state index < -0.39 is 11.8 Å². The maximum atomic E-state index is 11.8. The molecule has 16 heavy (non-hydrogen) atoms. The van der Waals surface area contributed by atoms with E-state index in [1.54, 1.807) is 0 Å². The van der Waals surface area contributed by atoms with Gasteiger partial charge in [0, 0.05) is 26.2 Å². The van der Waals surface area contributed by atoms with Crippen molar-refractivity contribution in [2.45, 2.75) is 25.7 Å². The van der Waals surface area contributed by atoms with Crippen LogP contribution in [-0.2, 0) is 9.59 Å². The third kappa shape index (κ3) is 2.17. The molecule has 2 rings (SSSR count). The summed E-state index contributed by atoms with van der Waals surface area (Å²) in [6.07, 6.45) is 4.26. The Labute approximate surface area is 94.9 Å². The summed E-state index contributed by atoms with van der Waals surface area (Å²) in [6, 6.07) is 0. The molecule has 2 amide bonds. The predicted octanol–water partition coefficient (Wildman–Crippen LogP) is -0.678. The van der Waals surface area contributed by atoms with Crippen LogP contribution in [0.1, 0.15) is 25.7 Å². The van der Waals surface area contributed by atoms with Gasteiger partial charge < -0.3 is 5.73 Å². The van der Waals surface area contributed by atoms with E-state index in [2.05, 4.69) is 0 Å². The van der Waals surface area contributed by atoms with Gasteiger partial charge in [0.05, 0.1) is 0 Å². The molecule has 2 heterocycles. The summed E-state index contributed by atoms with van der Waals surface area (Å²) in [5.74, 6) is -1.48. The molecule has 2 N–H and O–H groups in total. The molecule has 2 saturated heterocycles. The fraction of sp³-hybridized carbons (Fsp3) is 0.800. The van der Waals surface area contributed by atoms with E-state index in [9.17, 15) is 9.59 Å². The summed E-state index contributed by atoms with van der Waals surface area (Å²) in [5.41, 5.74) is 5.09. The molecule has 0 unspecified atom stereocenters. The van der Waals surface area contributed by atoms with Crippen LogP contribution in [0.2, 0.25) is 0 Å². The first-order valence-electron chi connectivity index (χ1n) is 5.84. The van der Waals surface area contributed by atoms with Crippen molar-refractivity contribution < 1.29 is 9.59 Å². The van der Waals surface area contributed by atoms with Gasteiger partial charge in [0.2, 0.25) is 0 Å². The van der Waals surface area contributed by atoms with E-state index in [0.29, 0.717) is 0 Å². The highest BCUT2D eigenvalue weighted by atomic mass is 16.2. The van der Waals surface area contributed by atoms with Gasteiger partial charge in [-0.2, -0.15) is 5.12 Å². The molecular weight excluding hydrogens is 208 g/mol. The number of carbonyl (C=O) groups excluding carboxylic acids is 2. The average Bonchev–Trinajstić information content (AvgIpc) is 2.89. The van der Waals surface area contributed by atoms with E-state index in [1.165, 1.54) is 5.12 Å². The first-order chi connectivity index (χ1) is 7.70. The van der Waals surface area contributed by atoms with Crippen LogP contribution in [0.25, 0.3) is 0 Å². The zero-order valence-corrected chi connectivity index (χ0v) is 9.39. The number of nitrogens with zero attached hydrogens (tertiary/aromatic N) is 3. The zero-order chi connectivity index (χ0) is 11.5. The van der Waals surface area contributed by atoms with Gasteiger partial charge in [0.1, 0.15) is 0 Å². The lowest BCUT2D eigenvalue weighted by molar-refractivity contribution is -0.191. The lowest BCUT2D eigenvalue weighted by Crippen LogP contribution is -2.57. The first kappa shape index (κ1) is 11.3. The fourth-order valence-corrected chi connectivity index (χ4v) is 2.31. The van der Waals surface area contributed by atoms with Gasteiger partial charge in [0.15, 0.2) is 0 Å². The quantitative estimate of drug-likeness (QED) is 0.633. The van der Waals surface area contributed by atoms with Crippen LogP contribution in [0.3, 0.4) is 0 Å². The Hall–Kier alpha value is -1.14. The monoisotopic (exact) mass is 226 g/mol. The van der Waals surface area contributed by atoms with Gasteiger partial charge in [-0.05, 0) is 25.7 Å². The molecule has 0 aliphatic carbocycles. The molecule has 2 fully saturated rings. The molecule has 0 saturated carbocycles. The second-order valence-electron chi connectivity index (χ2n) is 4.28. The van der Waals surface area contributed by atoms with Gasteiger partial charge in [0.25, 0.3) is 0 Å². The maximum absolute atomic E-state index is 11.8. The Morgan fingerprint density at radius 1 is 0.875 bits per heavy atom. The highest BCUT2D eigenvalue weighted by molar-refractivity contribution is 6.34. The number of hydrogen-bond acceptors (Lipinski definition) is 4. The lowest BCUT2D eigenvalue weighted by atomic mass is 10.4. The largest absolute Gasteiger partial charge is 0.361 e. The normalized spacial score (nSPS) is 22.5. The lowest BCUT2D eigenvalue weighted by Gasteiger charge is -2.36. The van der Waals surface area contributed by atoms with Gasteiger partial charge in [-0.25, -0.2) is 10.0 Å². The number of primary amides is 1.